The first kappa shape index (κ1) is 16.2. The molecule has 6 heteroatoms. The Morgan fingerprint density at radius 3 is 2.75 bits per heavy atom. The zero-order chi connectivity index (χ0) is 14.9. The first-order valence-electron chi connectivity index (χ1n) is 6.95. The summed E-state index contributed by atoms with van der Waals surface area (Å²) in [6.45, 7) is 9.09. The molecular formula is C14H21ClN2OS2. The molecule has 0 radical (unpaired) electrons. The SMILES string of the molecule is CCn1nc(C)c(Cl)c1CC(=O)C1CSC(C)C(C)S1. The molecule has 0 spiro atoms. The van der Waals surface area contributed by atoms with Crippen LogP contribution in [0.15, 0.2) is 0 Å². The van der Waals surface area contributed by atoms with Gasteiger partial charge in [0.1, 0.15) is 0 Å². The zero-order valence-electron chi connectivity index (χ0n) is 12.4. The van der Waals surface area contributed by atoms with Gasteiger partial charge in [-0.2, -0.15) is 16.9 Å². The van der Waals surface area contributed by atoms with Gasteiger partial charge in [0.05, 0.1) is 28.1 Å². The van der Waals surface area contributed by atoms with Gasteiger partial charge in [0.2, 0.25) is 0 Å². The number of hydrogen-bond donors (Lipinski definition) is 0. The van der Waals surface area contributed by atoms with Crippen molar-refractivity contribution in [1.82, 2.24) is 9.78 Å². The number of thioether (sulfide) groups is 2. The zero-order valence-corrected chi connectivity index (χ0v) is 14.7. The van der Waals surface area contributed by atoms with Crippen LogP contribution in [0, 0.1) is 6.92 Å². The summed E-state index contributed by atoms with van der Waals surface area (Å²) < 4.78 is 1.85. The first-order valence-corrected chi connectivity index (χ1v) is 9.32. The minimum Gasteiger partial charge on any atom is -0.298 e. The third-order valence-corrected chi connectivity index (χ3v) is 7.63. The van der Waals surface area contributed by atoms with E-state index in [4.69, 9.17) is 11.6 Å². The maximum Gasteiger partial charge on any atom is 0.152 e. The maximum atomic E-state index is 12.5. The second-order valence-electron chi connectivity index (χ2n) is 5.17. The van der Waals surface area contributed by atoms with E-state index >= 15 is 0 Å². The summed E-state index contributed by atoms with van der Waals surface area (Å²) in [5.41, 5.74) is 1.68. The second kappa shape index (κ2) is 6.75. The molecule has 1 fully saturated rings. The largest absolute Gasteiger partial charge is 0.298 e. The summed E-state index contributed by atoms with van der Waals surface area (Å²) in [5.74, 6) is 1.18. The van der Waals surface area contributed by atoms with E-state index in [1.807, 2.05) is 30.3 Å². The van der Waals surface area contributed by atoms with Gasteiger partial charge in [0.15, 0.2) is 5.78 Å². The summed E-state index contributed by atoms with van der Waals surface area (Å²) in [7, 11) is 0. The highest BCUT2D eigenvalue weighted by atomic mass is 35.5. The number of rotatable bonds is 4. The standard InChI is InChI=1S/C14H21ClN2OS2/c1-5-17-11(14(15)8(2)16-17)6-12(18)13-7-19-9(3)10(4)20-13/h9-10,13H,5-7H2,1-4H3. The van der Waals surface area contributed by atoms with Crippen LogP contribution in [0.2, 0.25) is 5.02 Å². The molecule has 0 bridgehead atoms. The Hall–Kier alpha value is -0.130. The topological polar surface area (TPSA) is 34.9 Å². The molecule has 0 amide bonds. The molecule has 0 aromatic carbocycles. The molecule has 3 unspecified atom stereocenters. The number of aryl methyl sites for hydroxylation is 2. The molecule has 0 N–H and O–H groups in total. The van der Waals surface area contributed by atoms with Crippen LogP contribution in [-0.2, 0) is 17.8 Å². The fourth-order valence-corrected chi connectivity index (χ4v) is 5.36. The number of Topliss-reactive ketones (excluding diaryl/α,β-unsaturated/α-hetero) is 1. The van der Waals surface area contributed by atoms with Crippen LogP contribution in [0.5, 0.6) is 0 Å². The minimum atomic E-state index is 0.0859. The average Bonchev–Trinajstić information content (AvgIpc) is 2.69. The predicted octanol–water partition coefficient (Wildman–Crippen LogP) is 3.60. The Morgan fingerprint density at radius 2 is 2.15 bits per heavy atom. The van der Waals surface area contributed by atoms with E-state index in [-0.39, 0.29) is 11.0 Å². The molecule has 3 nitrogen and oxygen atoms in total. The van der Waals surface area contributed by atoms with Crippen molar-refractivity contribution in [2.45, 2.75) is 56.4 Å². The average molecular weight is 333 g/mol. The highest BCUT2D eigenvalue weighted by molar-refractivity contribution is 8.08. The van der Waals surface area contributed by atoms with Gasteiger partial charge in [0, 0.05) is 22.8 Å². The molecule has 0 aliphatic carbocycles. The number of carbonyl (C=O) groups is 1. The van der Waals surface area contributed by atoms with Crippen molar-refractivity contribution >= 4 is 40.9 Å². The summed E-state index contributed by atoms with van der Waals surface area (Å²) in [6.07, 6.45) is 0.396. The van der Waals surface area contributed by atoms with E-state index in [0.29, 0.717) is 21.9 Å². The lowest BCUT2D eigenvalue weighted by Crippen LogP contribution is -2.32. The van der Waals surface area contributed by atoms with Crippen molar-refractivity contribution in [3.8, 4) is 0 Å². The van der Waals surface area contributed by atoms with Gasteiger partial charge >= 0.3 is 0 Å². The van der Waals surface area contributed by atoms with Crippen LogP contribution in [0.1, 0.15) is 32.2 Å². The first-order chi connectivity index (χ1) is 9.43. The molecule has 1 aliphatic rings. The van der Waals surface area contributed by atoms with Gasteiger partial charge in [-0.05, 0) is 13.8 Å². The van der Waals surface area contributed by atoms with Crippen LogP contribution >= 0.6 is 35.1 Å². The minimum absolute atomic E-state index is 0.0859. The Bertz CT molecular complexity index is 504. The van der Waals surface area contributed by atoms with Crippen molar-refractivity contribution in [1.29, 1.82) is 0 Å². The smallest absolute Gasteiger partial charge is 0.152 e. The molecule has 1 aromatic rings. The molecule has 1 saturated heterocycles. The normalized spacial score (nSPS) is 26.8. The van der Waals surface area contributed by atoms with Crippen LogP contribution in [0.3, 0.4) is 0 Å². The number of nitrogens with zero attached hydrogens (tertiary/aromatic N) is 2. The third kappa shape index (κ3) is 3.37. The second-order valence-corrected chi connectivity index (χ2v) is 8.55. The number of aromatic nitrogens is 2. The highest BCUT2D eigenvalue weighted by Crippen LogP contribution is 2.36. The van der Waals surface area contributed by atoms with Crippen molar-refractivity contribution in [2.24, 2.45) is 0 Å². The van der Waals surface area contributed by atoms with Crippen molar-refractivity contribution in [3.63, 3.8) is 0 Å². The quantitative estimate of drug-likeness (QED) is 0.843. The molecule has 2 rings (SSSR count). The van der Waals surface area contributed by atoms with Gasteiger partial charge in [-0.25, -0.2) is 0 Å². The number of carbonyl (C=O) groups excluding carboxylic acids is 1. The van der Waals surface area contributed by atoms with E-state index in [9.17, 15) is 4.79 Å². The van der Waals surface area contributed by atoms with Crippen molar-refractivity contribution in [2.75, 3.05) is 5.75 Å². The molecular weight excluding hydrogens is 312 g/mol. The molecule has 1 aliphatic heterocycles. The van der Waals surface area contributed by atoms with Gasteiger partial charge in [-0.15, -0.1) is 11.8 Å². The summed E-state index contributed by atoms with van der Waals surface area (Å²) >= 11 is 9.98. The molecule has 3 atom stereocenters. The molecule has 1 aromatic heterocycles. The molecule has 112 valence electrons. The predicted molar refractivity (Wildman–Crippen MR) is 89.1 cm³/mol. The third-order valence-electron chi connectivity index (χ3n) is 3.70. The van der Waals surface area contributed by atoms with E-state index in [0.717, 1.165) is 23.7 Å². The number of ketones is 1. The maximum absolute atomic E-state index is 12.5. The van der Waals surface area contributed by atoms with Gasteiger partial charge in [-0.3, -0.25) is 9.48 Å². The number of hydrogen-bond acceptors (Lipinski definition) is 4. The summed E-state index contributed by atoms with van der Waals surface area (Å²) in [5, 5.41) is 6.25. The Morgan fingerprint density at radius 1 is 1.45 bits per heavy atom. The van der Waals surface area contributed by atoms with Gasteiger partial charge in [-0.1, -0.05) is 25.4 Å². The Balaban J connectivity index is 2.08. The van der Waals surface area contributed by atoms with E-state index in [1.54, 1.807) is 11.8 Å². The van der Waals surface area contributed by atoms with Crippen LogP contribution in [0.25, 0.3) is 0 Å². The van der Waals surface area contributed by atoms with Gasteiger partial charge in [0.25, 0.3) is 0 Å². The lowest BCUT2D eigenvalue weighted by atomic mass is 10.1. The van der Waals surface area contributed by atoms with Gasteiger partial charge < -0.3 is 0 Å². The Kier molecular flexibility index (Phi) is 5.49. The molecule has 20 heavy (non-hydrogen) atoms. The molecule has 0 saturated carbocycles. The van der Waals surface area contributed by atoms with E-state index < -0.39 is 0 Å². The molecule has 2 heterocycles. The van der Waals surface area contributed by atoms with E-state index in [1.165, 1.54) is 0 Å². The van der Waals surface area contributed by atoms with Crippen LogP contribution < -0.4 is 0 Å². The fraction of sp³-hybridized carbons (Fsp3) is 0.714. The van der Waals surface area contributed by atoms with Crippen LogP contribution in [0.4, 0.5) is 0 Å². The Labute approximate surface area is 134 Å². The highest BCUT2D eigenvalue weighted by Gasteiger charge is 2.31. The van der Waals surface area contributed by atoms with E-state index in [2.05, 4.69) is 18.9 Å². The summed E-state index contributed by atoms with van der Waals surface area (Å²) in [4.78, 5) is 12.5. The van der Waals surface area contributed by atoms with Crippen molar-refractivity contribution < 1.29 is 4.79 Å². The fourth-order valence-electron chi connectivity index (χ4n) is 2.27. The monoisotopic (exact) mass is 332 g/mol. The summed E-state index contributed by atoms with van der Waals surface area (Å²) in [6, 6.07) is 0. The number of halogens is 1. The van der Waals surface area contributed by atoms with Crippen LogP contribution in [-0.4, -0.2) is 37.1 Å². The lowest BCUT2D eigenvalue weighted by molar-refractivity contribution is -0.117. The van der Waals surface area contributed by atoms with Crippen molar-refractivity contribution in [3.05, 3.63) is 16.4 Å². The lowest BCUT2D eigenvalue weighted by Gasteiger charge is -2.30.